The summed E-state index contributed by atoms with van der Waals surface area (Å²) in [6.07, 6.45) is -0.388. The Bertz CT molecular complexity index is 712. The number of aliphatic carboxylic acids is 1. The number of rotatable bonds is 6. The maximum atomic E-state index is 12.2. The zero-order valence-electron chi connectivity index (χ0n) is 12.6. The summed E-state index contributed by atoms with van der Waals surface area (Å²) < 4.78 is 0. The van der Waals surface area contributed by atoms with E-state index in [4.69, 9.17) is 5.11 Å². The highest BCUT2D eigenvalue weighted by Crippen LogP contribution is 2.21. The molecule has 8 heteroatoms. The minimum Gasteiger partial charge on any atom is -0.504 e. The van der Waals surface area contributed by atoms with Crippen molar-refractivity contribution in [2.75, 3.05) is 0 Å². The third-order valence-corrected chi connectivity index (χ3v) is 3.22. The number of Topliss-reactive ketones (excluding diaryl/α,β-unsaturated/α-hetero) is 1. The second-order valence-electron chi connectivity index (χ2n) is 5.05. The van der Waals surface area contributed by atoms with Gasteiger partial charge in [-0.1, -0.05) is 0 Å². The van der Waals surface area contributed by atoms with Crippen LogP contribution in [-0.2, 0) is 9.59 Å². The molecule has 4 N–H and O–H groups in total. The van der Waals surface area contributed by atoms with E-state index in [1.54, 1.807) is 0 Å². The van der Waals surface area contributed by atoms with Gasteiger partial charge in [-0.3, -0.25) is 19.2 Å². The van der Waals surface area contributed by atoms with Gasteiger partial charge < -0.3 is 20.6 Å². The fraction of sp³-hybridized carbons (Fsp3) is 0.333. The molecule has 0 saturated carbocycles. The number of ketones is 1. The molecule has 0 saturated heterocycles. The second kappa shape index (κ2) is 7.39. The van der Waals surface area contributed by atoms with Gasteiger partial charge in [-0.05, 0) is 38.0 Å². The molecule has 1 unspecified atom stereocenters. The lowest BCUT2D eigenvalue weighted by Crippen LogP contribution is -2.40. The van der Waals surface area contributed by atoms with Crippen molar-refractivity contribution in [1.29, 1.82) is 0 Å². The fourth-order valence-corrected chi connectivity index (χ4v) is 1.91. The van der Waals surface area contributed by atoms with Crippen LogP contribution >= 0.6 is 0 Å². The van der Waals surface area contributed by atoms with Gasteiger partial charge in [0.25, 0.3) is 5.91 Å². The van der Waals surface area contributed by atoms with E-state index >= 15 is 0 Å². The van der Waals surface area contributed by atoms with Crippen LogP contribution in [0.3, 0.4) is 0 Å². The Balaban J connectivity index is 3.12. The molecule has 23 heavy (non-hydrogen) atoms. The van der Waals surface area contributed by atoms with Crippen LogP contribution in [0.1, 0.15) is 35.7 Å². The number of aryl methyl sites for hydroxylation is 1. The van der Waals surface area contributed by atoms with E-state index < -0.39 is 40.6 Å². The number of carboxylic acids is 1. The van der Waals surface area contributed by atoms with Crippen LogP contribution in [0.4, 0.5) is 0 Å². The van der Waals surface area contributed by atoms with Crippen molar-refractivity contribution in [2.45, 2.75) is 32.7 Å². The van der Waals surface area contributed by atoms with E-state index in [2.05, 4.69) is 5.32 Å². The first-order chi connectivity index (χ1) is 10.6. The maximum absolute atomic E-state index is 12.2. The van der Waals surface area contributed by atoms with Crippen LogP contribution in [0.15, 0.2) is 16.9 Å². The lowest BCUT2D eigenvalue weighted by Gasteiger charge is -2.15. The van der Waals surface area contributed by atoms with Gasteiger partial charge in [-0.15, -0.1) is 0 Å². The molecule has 8 nitrogen and oxygen atoms in total. The van der Waals surface area contributed by atoms with Crippen molar-refractivity contribution >= 4 is 17.7 Å². The predicted octanol–water partition coefficient (Wildman–Crippen LogP) is 0.319. The molecule has 1 aromatic rings. The average Bonchev–Trinajstić information content (AvgIpc) is 2.54. The van der Waals surface area contributed by atoms with Crippen LogP contribution in [0.25, 0.3) is 0 Å². The van der Waals surface area contributed by atoms with Crippen LogP contribution in [-0.4, -0.2) is 39.0 Å². The number of amides is 1. The van der Waals surface area contributed by atoms with E-state index in [1.807, 2.05) is 0 Å². The molecule has 0 aliphatic carbocycles. The molecule has 1 aromatic carbocycles. The molecular weight excluding hydrogens is 306 g/mol. The van der Waals surface area contributed by atoms with Crippen molar-refractivity contribution in [3.8, 4) is 11.5 Å². The summed E-state index contributed by atoms with van der Waals surface area (Å²) in [5.41, 5.74) is -0.779. The molecule has 1 atom stereocenters. The van der Waals surface area contributed by atoms with Gasteiger partial charge in [0.1, 0.15) is 0 Å². The lowest BCUT2D eigenvalue weighted by molar-refractivity contribution is -0.137. The second-order valence-corrected chi connectivity index (χ2v) is 5.05. The quantitative estimate of drug-likeness (QED) is 0.590. The van der Waals surface area contributed by atoms with Gasteiger partial charge in [0, 0.05) is 12.0 Å². The van der Waals surface area contributed by atoms with E-state index in [0.717, 1.165) is 12.1 Å². The highest BCUT2D eigenvalue weighted by Gasteiger charge is 2.21. The minimum absolute atomic E-state index is 0.0849. The van der Waals surface area contributed by atoms with Crippen LogP contribution in [0.5, 0.6) is 11.5 Å². The molecule has 124 valence electrons. The Morgan fingerprint density at radius 3 is 2.35 bits per heavy atom. The Labute approximate surface area is 131 Å². The number of carbonyl (C=O) groups excluding carboxylic acids is 2. The fourth-order valence-electron chi connectivity index (χ4n) is 1.91. The van der Waals surface area contributed by atoms with E-state index in [-0.39, 0.29) is 24.0 Å². The summed E-state index contributed by atoms with van der Waals surface area (Å²) in [5, 5.41) is 30.0. The third kappa shape index (κ3) is 4.80. The van der Waals surface area contributed by atoms with Crippen LogP contribution < -0.4 is 10.7 Å². The Kier molecular flexibility index (Phi) is 5.83. The molecule has 0 radical (unpaired) electrons. The highest BCUT2D eigenvalue weighted by molar-refractivity contribution is 5.99. The van der Waals surface area contributed by atoms with Crippen molar-refractivity contribution in [2.24, 2.45) is 0 Å². The first-order valence-corrected chi connectivity index (χ1v) is 6.73. The lowest BCUT2D eigenvalue weighted by atomic mass is 10.1. The van der Waals surface area contributed by atoms with Gasteiger partial charge in [-0.2, -0.15) is 0 Å². The number of hydrogen-bond acceptors (Lipinski definition) is 6. The van der Waals surface area contributed by atoms with Gasteiger partial charge in [-0.25, -0.2) is 0 Å². The molecule has 0 heterocycles. The minimum atomic E-state index is -1.11. The van der Waals surface area contributed by atoms with Crippen molar-refractivity contribution in [3.63, 3.8) is 0 Å². The van der Waals surface area contributed by atoms with Crippen molar-refractivity contribution < 1.29 is 29.7 Å². The van der Waals surface area contributed by atoms with Crippen LogP contribution in [0, 0.1) is 6.92 Å². The zero-order valence-corrected chi connectivity index (χ0v) is 12.6. The highest BCUT2D eigenvalue weighted by atomic mass is 16.4. The summed E-state index contributed by atoms with van der Waals surface area (Å²) in [5.74, 6) is -3.95. The summed E-state index contributed by atoms with van der Waals surface area (Å²) in [4.78, 5) is 45.8. The summed E-state index contributed by atoms with van der Waals surface area (Å²) in [7, 11) is 0. The first-order valence-electron chi connectivity index (χ1n) is 6.73. The number of carbonyl (C=O) groups is 3. The Morgan fingerprint density at radius 2 is 1.83 bits per heavy atom. The topological polar surface area (TPSA) is 141 Å². The zero-order chi connectivity index (χ0) is 17.7. The normalized spacial score (nSPS) is 11.6. The smallest absolute Gasteiger partial charge is 0.303 e. The molecule has 1 amide bonds. The maximum Gasteiger partial charge on any atom is 0.303 e. The molecule has 0 aliphatic heterocycles. The molecule has 0 aromatic heterocycles. The number of carboxylic acid groups (broad SMARTS) is 1. The molecule has 0 spiro atoms. The van der Waals surface area contributed by atoms with E-state index in [9.17, 15) is 29.4 Å². The number of nitrogens with one attached hydrogen (secondary N) is 1. The monoisotopic (exact) mass is 323 g/mol. The van der Waals surface area contributed by atoms with Gasteiger partial charge >= 0.3 is 5.97 Å². The number of hydrogen-bond donors (Lipinski definition) is 4. The molecule has 0 aliphatic rings. The van der Waals surface area contributed by atoms with Gasteiger partial charge in [0.05, 0.1) is 6.04 Å². The standard InChI is InChI=1S/C15H17NO7/c1-7-5-11(18)14(22)12(19)6-9(7)15(23)16-10(8(2)17)3-4-13(20)21/h5-6,10H,3-4H2,1-2H3,(H,16,23)(H,20,21)(H2,18,19,22). The number of aromatic hydroxyl groups is 2. The van der Waals surface area contributed by atoms with Crippen LogP contribution in [0.2, 0.25) is 0 Å². The largest absolute Gasteiger partial charge is 0.504 e. The Morgan fingerprint density at radius 1 is 1.22 bits per heavy atom. The predicted molar refractivity (Wildman–Crippen MR) is 79.6 cm³/mol. The van der Waals surface area contributed by atoms with E-state index in [1.165, 1.54) is 13.8 Å². The third-order valence-electron chi connectivity index (χ3n) is 3.22. The molecule has 0 fully saturated rings. The summed E-state index contributed by atoms with van der Waals surface area (Å²) in [6, 6.07) is 0.880. The van der Waals surface area contributed by atoms with Gasteiger partial charge in [0.2, 0.25) is 11.2 Å². The summed E-state index contributed by atoms with van der Waals surface area (Å²) >= 11 is 0. The summed E-state index contributed by atoms with van der Waals surface area (Å²) in [6.45, 7) is 2.64. The van der Waals surface area contributed by atoms with E-state index in [0.29, 0.717) is 0 Å². The first kappa shape index (κ1) is 18.1. The van der Waals surface area contributed by atoms with Crippen molar-refractivity contribution in [1.82, 2.24) is 5.32 Å². The average molecular weight is 323 g/mol. The van der Waals surface area contributed by atoms with Gasteiger partial charge in [0.15, 0.2) is 11.5 Å². The Hall–Kier alpha value is -2.90. The SMILES string of the molecule is CC(=O)C(CCC(=O)O)NC(=O)c1cc(O)c(O)c(=O)cc1C. The molecule has 1 rings (SSSR count). The van der Waals surface area contributed by atoms with Crippen molar-refractivity contribution in [3.05, 3.63) is 33.5 Å². The molecule has 0 bridgehead atoms. The molecular formula is C15H17NO7.